The summed E-state index contributed by atoms with van der Waals surface area (Å²) in [5.74, 6) is 0.152. The zero-order chi connectivity index (χ0) is 9.84. The van der Waals surface area contributed by atoms with E-state index in [9.17, 15) is 5.11 Å². The van der Waals surface area contributed by atoms with Crippen molar-refractivity contribution in [3.63, 3.8) is 0 Å². The van der Waals surface area contributed by atoms with Crippen molar-refractivity contribution in [2.45, 2.75) is 19.8 Å². The number of aryl methyl sites for hydroxylation is 2. The highest BCUT2D eigenvalue weighted by Gasteiger charge is 2.03. The van der Waals surface area contributed by atoms with Gasteiger partial charge in [-0.3, -0.25) is 0 Å². The van der Waals surface area contributed by atoms with Crippen molar-refractivity contribution in [3.8, 4) is 5.75 Å². The summed E-state index contributed by atoms with van der Waals surface area (Å²) >= 11 is 5.75. The van der Waals surface area contributed by atoms with Crippen LogP contribution >= 0.6 is 11.6 Å². The first-order chi connectivity index (χ1) is 6.15. The minimum absolute atomic E-state index is 0.152. The van der Waals surface area contributed by atoms with Gasteiger partial charge in [0.1, 0.15) is 5.75 Å². The SMILES string of the molecule is Cc1cc(Cl)c(O)cc1CCCN. The number of halogens is 1. The fourth-order valence-corrected chi connectivity index (χ4v) is 1.48. The fourth-order valence-electron chi connectivity index (χ4n) is 1.27. The van der Waals surface area contributed by atoms with Gasteiger partial charge >= 0.3 is 0 Å². The predicted molar refractivity (Wildman–Crippen MR) is 55.2 cm³/mol. The molecular formula is C10H14ClNO. The van der Waals surface area contributed by atoms with Gasteiger partial charge in [0.05, 0.1) is 5.02 Å². The van der Waals surface area contributed by atoms with Gasteiger partial charge in [0.2, 0.25) is 0 Å². The molecule has 1 rings (SSSR count). The lowest BCUT2D eigenvalue weighted by atomic mass is 10.0. The maximum atomic E-state index is 9.36. The van der Waals surface area contributed by atoms with Crippen LogP contribution in [-0.4, -0.2) is 11.7 Å². The van der Waals surface area contributed by atoms with Crippen molar-refractivity contribution in [1.82, 2.24) is 0 Å². The Morgan fingerprint density at radius 1 is 1.46 bits per heavy atom. The summed E-state index contributed by atoms with van der Waals surface area (Å²) in [4.78, 5) is 0. The zero-order valence-corrected chi connectivity index (χ0v) is 8.43. The van der Waals surface area contributed by atoms with Crippen molar-refractivity contribution >= 4 is 11.6 Å². The first-order valence-electron chi connectivity index (χ1n) is 4.33. The van der Waals surface area contributed by atoms with Crippen LogP contribution in [0.5, 0.6) is 5.75 Å². The summed E-state index contributed by atoms with van der Waals surface area (Å²) in [6, 6.07) is 3.50. The molecule has 0 saturated heterocycles. The van der Waals surface area contributed by atoms with Crippen molar-refractivity contribution < 1.29 is 5.11 Å². The minimum Gasteiger partial charge on any atom is -0.506 e. The van der Waals surface area contributed by atoms with E-state index < -0.39 is 0 Å². The molecule has 0 bridgehead atoms. The smallest absolute Gasteiger partial charge is 0.134 e. The molecule has 0 aliphatic heterocycles. The summed E-state index contributed by atoms with van der Waals surface area (Å²) < 4.78 is 0. The Morgan fingerprint density at radius 3 is 2.77 bits per heavy atom. The third-order valence-electron chi connectivity index (χ3n) is 2.06. The van der Waals surface area contributed by atoms with Crippen LogP contribution in [0, 0.1) is 6.92 Å². The Labute approximate surface area is 83.3 Å². The number of phenolic OH excluding ortho intramolecular Hbond substituents is 1. The van der Waals surface area contributed by atoms with Gasteiger partial charge in [-0.25, -0.2) is 0 Å². The lowest BCUT2D eigenvalue weighted by Gasteiger charge is -2.06. The molecule has 72 valence electrons. The molecule has 13 heavy (non-hydrogen) atoms. The number of aromatic hydroxyl groups is 1. The molecule has 0 fully saturated rings. The Balaban J connectivity index is 2.88. The lowest BCUT2D eigenvalue weighted by molar-refractivity contribution is 0.474. The number of hydrogen-bond acceptors (Lipinski definition) is 2. The number of nitrogens with two attached hydrogens (primary N) is 1. The summed E-state index contributed by atoms with van der Waals surface area (Å²) in [6.45, 7) is 2.65. The second-order valence-electron chi connectivity index (χ2n) is 3.12. The van der Waals surface area contributed by atoms with Gasteiger partial charge in [-0.05, 0) is 49.6 Å². The molecule has 2 nitrogen and oxygen atoms in total. The van der Waals surface area contributed by atoms with E-state index in [-0.39, 0.29) is 5.75 Å². The highest BCUT2D eigenvalue weighted by atomic mass is 35.5. The number of benzene rings is 1. The van der Waals surface area contributed by atoms with Crippen molar-refractivity contribution in [1.29, 1.82) is 0 Å². The zero-order valence-electron chi connectivity index (χ0n) is 7.68. The number of phenols is 1. The quantitative estimate of drug-likeness (QED) is 0.785. The standard InChI is InChI=1S/C10H14ClNO/c1-7-5-9(11)10(13)6-8(7)3-2-4-12/h5-6,13H,2-4,12H2,1H3. The van der Waals surface area contributed by atoms with Crippen LogP contribution in [0.25, 0.3) is 0 Å². The average molecular weight is 200 g/mol. The summed E-state index contributed by atoms with van der Waals surface area (Å²) in [6.07, 6.45) is 1.83. The molecule has 3 N–H and O–H groups in total. The second-order valence-corrected chi connectivity index (χ2v) is 3.53. The van der Waals surface area contributed by atoms with E-state index in [1.807, 2.05) is 6.92 Å². The predicted octanol–water partition coefficient (Wildman–Crippen LogP) is 2.25. The Morgan fingerprint density at radius 2 is 2.15 bits per heavy atom. The Bertz CT molecular complexity index is 299. The maximum absolute atomic E-state index is 9.36. The third kappa shape index (κ3) is 2.61. The number of hydrogen-bond donors (Lipinski definition) is 2. The van der Waals surface area contributed by atoms with Gasteiger partial charge in [0, 0.05) is 0 Å². The maximum Gasteiger partial charge on any atom is 0.134 e. The van der Waals surface area contributed by atoms with Gasteiger partial charge in [-0.2, -0.15) is 0 Å². The van der Waals surface area contributed by atoms with Crippen LogP contribution in [0.4, 0.5) is 0 Å². The molecule has 1 aromatic carbocycles. The first-order valence-corrected chi connectivity index (χ1v) is 4.71. The molecule has 0 atom stereocenters. The molecule has 0 saturated carbocycles. The third-order valence-corrected chi connectivity index (χ3v) is 2.36. The summed E-state index contributed by atoms with van der Waals surface area (Å²) in [5, 5.41) is 9.77. The van der Waals surface area contributed by atoms with E-state index in [2.05, 4.69) is 0 Å². The van der Waals surface area contributed by atoms with E-state index >= 15 is 0 Å². The van der Waals surface area contributed by atoms with Gasteiger partial charge in [-0.1, -0.05) is 11.6 Å². The second kappa shape index (κ2) is 4.49. The van der Waals surface area contributed by atoms with E-state index in [0.29, 0.717) is 11.6 Å². The largest absolute Gasteiger partial charge is 0.506 e. The molecule has 0 radical (unpaired) electrons. The normalized spacial score (nSPS) is 10.4. The van der Waals surface area contributed by atoms with Crippen LogP contribution in [0.2, 0.25) is 5.02 Å². The van der Waals surface area contributed by atoms with E-state index in [4.69, 9.17) is 17.3 Å². The van der Waals surface area contributed by atoms with Crippen LogP contribution in [0.1, 0.15) is 17.5 Å². The highest BCUT2D eigenvalue weighted by Crippen LogP contribution is 2.27. The van der Waals surface area contributed by atoms with Crippen LogP contribution in [0.15, 0.2) is 12.1 Å². The highest BCUT2D eigenvalue weighted by molar-refractivity contribution is 6.32. The monoisotopic (exact) mass is 199 g/mol. The van der Waals surface area contributed by atoms with Crippen LogP contribution in [-0.2, 0) is 6.42 Å². The van der Waals surface area contributed by atoms with Gasteiger partial charge in [0.25, 0.3) is 0 Å². The number of rotatable bonds is 3. The molecule has 1 aromatic rings. The molecule has 0 spiro atoms. The lowest BCUT2D eigenvalue weighted by Crippen LogP contribution is -2.01. The summed E-state index contributed by atoms with van der Waals surface area (Å²) in [7, 11) is 0. The van der Waals surface area contributed by atoms with Gasteiger partial charge in [-0.15, -0.1) is 0 Å². The first kappa shape index (κ1) is 10.4. The van der Waals surface area contributed by atoms with E-state index in [1.165, 1.54) is 0 Å². The topological polar surface area (TPSA) is 46.2 Å². The van der Waals surface area contributed by atoms with Gasteiger partial charge < -0.3 is 10.8 Å². The molecule has 0 heterocycles. The minimum atomic E-state index is 0.152. The molecular weight excluding hydrogens is 186 g/mol. The Hall–Kier alpha value is -0.730. The van der Waals surface area contributed by atoms with Crippen LogP contribution in [0.3, 0.4) is 0 Å². The molecule has 3 heteroatoms. The van der Waals surface area contributed by atoms with Crippen LogP contribution < -0.4 is 5.73 Å². The van der Waals surface area contributed by atoms with E-state index in [0.717, 1.165) is 24.0 Å². The fraction of sp³-hybridized carbons (Fsp3) is 0.400. The van der Waals surface area contributed by atoms with Crippen molar-refractivity contribution in [3.05, 3.63) is 28.3 Å². The molecule has 0 aliphatic rings. The molecule has 0 amide bonds. The van der Waals surface area contributed by atoms with Crippen molar-refractivity contribution in [2.24, 2.45) is 5.73 Å². The molecule has 0 unspecified atom stereocenters. The molecule has 0 aliphatic carbocycles. The van der Waals surface area contributed by atoms with Gasteiger partial charge in [0.15, 0.2) is 0 Å². The van der Waals surface area contributed by atoms with E-state index in [1.54, 1.807) is 12.1 Å². The Kier molecular flexibility index (Phi) is 3.58. The van der Waals surface area contributed by atoms with Crippen molar-refractivity contribution in [2.75, 3.05) is 6.54 Å². The molecule has 0 aromatic heterocycles. The summed E-state index contributed by atoms with van der Waals surface area (Å²) in [5.41, 5.74) is 7.63. The average Bonchev–Trinajstić information content (AvgIpc) is 2.09.